The van der Waals surface area contributed by atoms with Crippen LogP contribution in [0.2, 0.25) is 0 Å². The third kappa shape index (κ3) is 2.44. The number of rotatable bonds is 4. The molecular formula is C17H17N3O4. The number of fused-ring (bicyclic) bond motifs is 1. The third-order valence-electron chi connectivity index (χ3n) is 3.79. The van der Waals surface area contributed by atoms with Crippen molar-refractivity contribution in [1.82, 2.24) is 14.8 Å². The Morgan fingerprint density at radius 2 is 2.08 bits per heavy atom. The first kappa shape index (κ1) is 15.8. The number of benzene rings is 1. The van der Waals surface area contributed by atoms with E-state index in [9.17, 15) is 14.7 Å². The molecule has 2 N–H and O–H groups in total. The standard InChI is InChI=1S/C17H17N3O4/c1-3-20-13-8-6-5-7-10(13)15(21)14(16(20)22)11-9-12(19-18-11)17(23)24-4-2/h5-9,21H,3-4H2,1-2H3,(H,18,19). The summed E-state index contributed by atoms with van der Waals surface area (Å²) in [6, 6.07) is 8.51. The fraction of sp³-hybridized carbons (Fsp3) is 0.235. The van der Waals surface area contributed by atoms with Crippen LogP contribution in [0.3, 0.4) is 0 Å². The molecular weight excluding hydrogens is 310 g/mol. The smallest absolute Gasteiger partial charge is 0.356 e. The lowest BCUT2D eigenvalue weighted by atomic mass is 10.1. The van der Waals surface area contributed by atoms with E-state index in [2.05, 4.69) is 10.2 Å². The number of aromatic hydroxyl groups is 1. The molecule has 0 aliphatic rings. The lowest BCUT2D eigenvalue weighted by molar-refractivity contribution is 0.0519. The highest BCUT2D eigenvalue weighted by Crippen LogP contribution is 2.32. The van der Waals surface area contributed by atoms with E-state index in [1.54, 1.807) is 35.8 Å². The molecule has 7 nitrogen and oxygen atoms in total. The first-order valence-electron chi connectivity index (χ1n) is 7.65. The predicted octanol–water partition coefficient (Wildman–Crippen LogP) is 2.29. The Bertz CT molecular complexity index is 972. The SMILES string of the molecule is CCOC(=O)c1cc(-c2c(O)c3ccccc3n(CC)c2=O)n[nH]1. The zero-order valence-electron chi connectivity index (χ0n) is 13.4. The van der Waals surface area contributed by atoms with Gasteiger partial charge in [-0.15, -0.1) is 0 Å². The maximum absolute atomic E-state index is 12.8. The molecule has 0 atom stereocenters. The summed E-state index contributed by atoms with van der Waals surface area (Å²) in [6.45, 7) is 4.23. The highest BCUT2D eigenvalue weighted by molar-refractivity contribution is 5.93. The van der Waals surface area contributed by atoms with Crippen LogP contribution >= 0.6 is 0 Å². The Morgan fingerprint density at radius 1 is 1.33 bits per heavy atom. The molecule has 1 aromatic carbocycles. The van der Waals surface area contributed by atoms with Crippen molar-refractivity contribution in [2.45, 2.75) is 20.4 Å². The van der Waals surface area contributed by atoms with E-state index in [1.807, 2.05) is 6.92 Å². The Kier molecular flexibility index (Phi) is 4.07. The number of nitrogens with zero attached hydrogens (tertiary/aromatic N) is 2. The molecule has 3 aromatic rings. The van der Waals surface area contributed by atoms with E-state index in [0.717, 1.165) is 0 Å². The van der Waals surface area contributed by atoms with Gasteiger partial charge in [-0.1, -0.05) is 12.1 Å². The topological polar surface area (TPSA) is 97.2 Å². The molecule has 0 spiro atoms. The van der Waals surface area contributed by atoms with Crippen molar-refractivity contribution in [2.24, 2.45) is 0 Å². The number of aromatic nitrogens is 3. The van der Waals surface area contributed by atoms with Crippen LogP contribution in [-0.4, -0.2) is 32.4 Å². The first-order valence-corrected chi connectivity index (χ1v) is 7.65. The summed E-state index contributed by atoms with van der Waals surface area (Å²) in [6.07, 6.45) is 0. The Hall–Kier alpha value is -3.09. The normalized spacial score (nSPS) is 10.9. The number of esters is 1. The molecule has 2 heterocycles. The van der Waals surface area contributed by atoms with E-state index in [-0.39, 0.29) is 34.9 Å². The van der Waals surface area contributed by atoms with Crippen LogP contribution in [0.1, 0.15) is 24.3 Å². The summed E-state index contributed by atoms with van der Waals surface area (Å²) < 4.78 is 6.46. The van der Waals surface area contributed by atoms with Crippen molar-refractivity contribution in [3.8, 4) is 17.0 Å². The van der Waals surface area contributed by atoms with Crippen LogP contribution in [0.5, 0.6) is 5.75 Å². The van der Waals surface area contributed by atoms with Gasteiger partial charge in [-0.3, -0.25) is 9.89 Å². The number of hydrogen-bond donors (Lipinski definition) is 2. The molecule has 0 radical (unpaired) electrons. The molecule has 0 fully saturated rings. The number of H-pyrrole nitrogens is 1. The zero-order chi connectivity index (χ0) is 17.3. The molecule has 0 amide bonds. The number of pyridine rings is 1. The van der Waals surface area contributed by atoms with Crippen molar-refractivity contribution < 1.29 is 14.6 Å². The maximum Gasteiger partial charge on any atom is 0.356 e. The summed E-state index contributed by atoms with van der Waals surface area (Å²) in [7, 11) is 0. The van der Waals surface area contributed by atoms with Gasteiger partial charge in [0.2, 0.25) is 0 Å². The molecule has 3 rings (SSSR count). The molecule has 0 saturated heterocycles. The second kappa shape index (κ2) is 6.19. The highest BCUT2D eigenvalue weighted by atomic mass is 16.5. The maximum atomic E-state index is 12.8. The van der Waals surface area contributed by atoms with E-state index in [1.165, 1.54) is 6.07 Å². The van der Waals surface area contributed by atoms with E-state index >= 15 is 0 Å². The third-order valence-corrected chi connectivity index (χ3v) is 3.79. The molecule has 2 aromatic heterocycles. The summed E-state index contributed by atoms with van der Waals surface area (Å²) >= 11 is 0. The van der Waals surface area contributed by atoms with Crippen LogP contribution < -0.4 is 5.56 Å². The average Bonchev–Trinajstić information content (AvgIpc) is 3.05. The van der Waals surface area contributed by atoms with Gasteiger partial charge in [0.15, 0.2) is 0 Å². The van der Waals surface area contributed by atoms with Crippen LogP contribution in [-0.2, 0) is 11.3 Å². The summed E-state index contributed by atoms with van der Waals surface area (Å²) in [5.41, 5.74) is 0.667. The van der Waals surface area contributed by atoms with Gasteiger partial charge in [0.1, 0.15) is 22.7 Å². The number of hydrogen-bond acceptors (Lipinski definition) is 5. The van der Waals surface area contributed by atoms with Crippen molar-refractivity contribution in [1.29, 1.82) is 0 Å². The second-order valence-electron chi connectivity index (χ2n) is 5.18. The van der Waals surface area contributed by atoms with E-state index < -0.39 is 5.97 Å². The van der Waals surface area contributed by atoms with E-state index in [0.29, 0.717) is 17.4 Å². The Balaban J connectivity index is 2.24. The van der Waals surface area contributed by atoms with Gasteiger partial charge in [0.05, 0.1) is 12.1 Å². The largest absolute Gasteiger partial charge is 0.506 e. The van der Waals surface area contributed by atoms with Crippen molar-refractivity contribution in [3.05, 3.63) is 46.4 Å². The second-order valence-corrected chi connectivity index (χ2v) is 5.18. The molecule has 24 heavy (non-hydrogen) atoms. The fourth-order valence-electron chi connectivity index (χ4n) is 2.70. The van der Waals surface area contributed by atoms with Gasteiger partial charge in [0, 0.05) is 11.9 Å². The van der Waals surface area contributed by atoms with Crippen molar-refractivity contribution in [3.63, 3.8) is 0 Å². The lowest BCUT2D eigenvalue weighted by Crippen LogP contribution is -2.21. The molecule has 7 heteroatoms. The highest BCUT2D eigenvalue weighted by Gasteiger charge is 2.21. The number of aromatic amines is 1. The van der Waals surface area contributed by atoms with Crippen LogP contribution in [0, 0.1) is 0 Å². The first-order chi connectivity index (χ1) is 11.6. The van der Waals surface area contributed by atoms with Gasteiger partial charge in [0.25, 0.3) is 5.56 Å². The number of carbonyl (C=O) groups excluding carboxylic acids is 1. The minimum absolute atomic E-state index is 0.0577. The van der Waals surface area contributed by atoms with Crippen LogP contribution in [0.15, 0.2) is 35.1 Å². The fourth-order valence-corrected chi connectivity index (χ4v) is 2.70. The Labute approximate surface area is 137 Å². The minimum atomic E-state index is -0.563. The molecule has 0 saturated carbocycles. The number of carbonyl (C=O) groups is 1. The van der Waals surface area contributed by atoms with Crippen LogP contribution in [0.25, 0.3) is 22.2 Å². The summed E-state index contributed by atoms with van der Waals surface area (Å²) in [5, 5.41) is 17.7. The average molecular weight is 327 g/mol. The van der Waals surface area contributed by atoms with Crippen molar-refractivity contribution in [2.75, 3.05) is 6.61 Å². The summed E-state index contributed by atoms with van der Waals surface area (Å²) in [4.78, 5) is 24.5. The number of para-hydroxylation sites is 1. The summed E-state index contributed by atoms with van der Waals surface area (Å²) in [5.74, 6) is -0.713. The molecule has 124 valence electrons. The minimum Gasteiger partial charge on any atom is -0.506 e. The van der Waals surface area contributed by atoms with Crippen molar-refractivity contribution >= 4 is 16.9 Å². The van der Waals surface area contributed by atoms with Gasteiger partial charge < -0.3 is 14.4 Å². The molecule has 0 aliphatic carbocycles. The quantitative estimate of drug-likeness (QED) is 0.717. The zero-order valence-corrected chi connectivity index (χ0v) is 13.4. The van der Waals surface area contributed by atoms with Crippen LogP contribution in [0.4, 0.5) is 0 Å². The van der Waals surface area contributed by atoms with Gasteiger partial charge in [-0.25, -0.2) is 4.79 Å². The number of aryl methyl sites for hydroxylation is 1. The number of nitrogens with one attached hydrogen (secondary N) is 1. The van der Waals surface area contributed by atoms with E-state index in [4.69, 9.17) is 4.74 Å². The number of ether oxygens (including phenoxy) is 1. The predicted molar refractivity (Wildman–Crippen MR) is 89.1 cm³/mol. The lowest BCUT2D eigenvalue weighted by Gasteiger charge is -2.12. The molecule has 0 unspecified atom stereocenters. The van der Waals surface area contributed by atoms with Gasteiger partial charge in [-0.2, -0.15) is 5.10 Å². The Morgan fingerprint density at radius 3 is 2.79 bits per heavy atom. The monoisotopic (exact) mass is 327 g/mol. The molecule has 0 bridgehead atoms. The van der Waals surface area contributed by atoms with Gasteiger partial charge in [-0.05, 0) is 32.0 Å². The van der Waals surface area contributed by atoms with Gasteiger partial charge >= 0.3 is 5.97 Å². The molecule has 0 aliphatic heterocycles.